The summed E-state index contributed by atoms with van der Waals surface area (Å²) in [5.41, 5.74) is 3.66. The molecule has 0 spiro atoms. The van der Waals surface area contributed by atoms with Gasteiger partial charge in [0.15, 0.2) is 11.4 Å². The number of hydrogen-bond acceptors (Lipinski definition) is 9. The normalized spacial score (nSPS) is 18.7. The van der Waals surface area contributed by atoms with E-state index in [0.29, 0.717) is 17.5 Å². The van der Waals surface area contributed by atoms with E-state index in [0.717, 1.165) is 17.1 Å². The van der Waals surface area contributed by atoms with E-state index in [-0.39, 0.29) is 47.9 Å². The third-order valence-corrected chi connectivity index (χ3v) is 8.74. The maximum absolute atomic E-state index is 14.3. The summed E-state index contributed by atoms with van der Waals surface area (Å²) in [6, 6.07) is 15.9. The quantitative estimate of drug-likeness (QED) is 0.225. The Morgan fingerprint density at radius 3 is 2.33 bits per heavy atom. The summed E-state index contributed by atoms with van der Waals surface area (Å²) in [4.78, 5) is 65.4. The van der Waals surface area contributed by atoms with E-state index in [1.165, 1.54) is 11.2 Å². The van der Waals surface area contributed by atoms with Gasteiger partial charge in [0.05, 0.1) is 24.0 Å². The molecular weight excluding hydrogens is 664 g/mol. The first-order valence-electron chi connectivity index (χ1n) is 17.2. The van der Waals surface area contributed by atoms with E-state index in [2.05, 4.69) is 31.0 Å². The fourth-order valence-corrected chi connectivity index (χ4v) is 6.21. The molecule has 4 bridgehead atoms. The predicted octanol–water partition coefficient (Wildman–Crippen LogP) is 5.10. The second-order valence-electron chi connectivity index (χ2n) is 13.5. The highest BCUT2D eigenvalue weighted by Gasteiger charge is 2.31. The van der Waals surface area contributed by atoms with Crippen LogP contribution in [0, 0.1) is 26.7 Å². The summed E-state index contributed by atoms with van der Waals surface area (Å²) in [6.07, 6.45) is 1.67. The minimum atomic E-state index is -0.754. The van der Waals surface area contributed by atoms with Crippen molar-refractivity contribution < 1.29 is 28.0 Å². The number of oxazole rings is 2. The van der Waals surface area contributed by atoms with Crippen LogP contribution in [-0.2, 0) is 4.79 Å². The number of aromatic nitrogens is 4. The van der Waals surface area contributed by atoms with Crippen LogP contribution in [0.1, 0.15) is 111 Å². The van der Waals surface area contributed by atoms with E-state index in [1.54, 1.807) is 42.8 Å². The van der Waals surface area contributed by atoms with Gasteiger partial charge in [-0.15, -0.1) is 0 Å². The highest BCUT2D eigenvalue weighted by atomic mass is 16.4. The Morgan fingerprint density at radius 2 is 1.65 bits per heavy atom. The molecule has 0 saturated carbocycles. The third kappa shape index (κ3) is 7.96. The molecule has 1 aliphatic heterocycles. The van der Waals surface area contributed by atoms with Crippen molar-refractivity contribution in [1.29, 1.82) is 0 Å². The summed E-state index contributed by atoms with van der Waals surface area (Å²) < 4.78 is 13.3. The molecule has 1 aliphatic rings. The number of nitrogens with one attached hydrogen (secondary N) is 3. The molecule has 6 rings (SSSR count). The van der Waals surface area contributed by atoms with Crippen molar-refractivity contribution in [2.45, 2.75) is 66.1 Å². The minimum Gasteiger partial charge on any atom is -0.446 e. The molecule has 3 atom stereocenters. The number of hydrogen-bond donors (Lipinski definition) is 3. The molecule has 3 aromatic heterocycles. The molecule has 270 valence electrons. The average Bonchev–Trinajstić information content (AvgIpc) is 3.85. The standard InChI is InChI=1S/C38H42N8O6/c1-21(2)16-29-37-42-31(20-51-37)34(48)39-24(5)36-43-33(25(6)52-36)35(49)41-30(26-10-8-7-9-11-26)18-45(19-32(47)40-29)38(50)27-12-14-28(15-13-27)46-23(4)17-22(3)44-46/h7-15,17,20-21,24,29-30H,16,18-19H2,1-6H3,(H,39,48)(H,40,47)(H,41,49)/t24-,29+,30+/m0/s1. The molecule has 0 saturated heterocycles. The van der Waals surface area contributed by atoms with Crippen LogP contribution in [0.5, 0.6) is 0 Å². The number of rotatable bonds is 5. The van der Waals surface area contributed by atoms with Crippen molar-refractivity contribution in [3.05, 3.63) is 118 Å². The van der Waals surface area contributed by atoms with Gasteiger partial charge in [0, 0.05) is 17.8 Å². The first-order chi connectivity index (χ1) is 24.9. The van der Waals surface area contributed by atoms with Gasteiger partial charge in [-0.1, -0.05) is 44.2 Å². The second-order valence-corrected chi connectivity index (χ2v) is 13.5. The number of fused-ring (bicyclic) bond motifs is 4. The fourth-order valence-electron chi connectivity index (χ4n) is 6.21. The van der Waals surface area contributed by atoms with Crippen LogP contribution in [0.2, 0.25) is 0 Å². The lowest BCUT2D eigenvalue weighted by Gasteiger charge is -2.29. The molecule has 4 amide bonds. The first-order valence-corrected chi connectivity index (χ1v) is 17.2. The van der Waals surface area contributed by atoms with Gasteiger partial charge >= 0.3 is 0 Å². The van der Waals surface area contributed by atoms with Crippen LogP contribution in [-0.4, -0.2) is 61.4 Å². The molecule has 2 aromatic carbocycles. The molecule has 14 heteroatoms. The van der Waals surface area contributed by atoms with Gasteiger partial charge in [0.1, 0.15) is 24.1 Å². The Kier molecular flexibility index (Phi) is 10.4. The van der Waals surface area contributed by atoms with Crippen molar-refractivity contribution in [2.24, 2.45) is 5.92 Å². The molecule has 5 aromatic rings. The highest BCUT2D eigenvalue weighted by molar-refractivity contribution is 5.97. The zero-order valence-electron chi connectivity index (χ0n) is 30.0. The van der Waals surface area contributed by atoms with Crippen LogP contribution in [0.4, 0.5) is 0 Å². The molecule has 52 heavy (non-hydrogen) atoms. The van der Waals surface area contributed by atoms with E-state index in [1.807, 2.05) is 64.1 Å². The number of nitrogens with zero attached hydrogens (tertiary/aromatic N) is 5. The third-order valence-electron chi connectivity index (χ3n) is 8.74. The van der Waals surface area contributed by atoms with Gasteiger partial charge in [0.25, 0.3) is 17.7 Å². The lowest BCUT2D eigenvalue weighted by molar-refractivity contribution is -0.122. The van der Waals surface area contributed by atoms with Crippen LogP contribution in [0.15, 0.2) is 75.8 Å². The zero-order valence-corrected chi connectivity index (χ0v) is 30.0. The van der Waals surface area contributed by atoms with Crippen molar-refractivity contribution in [2.75, 3.05) is 13.1 Å². The zero-order chi connectivity index (χ0) is 37.1. The highest BCUT2D eigenvalue weighted by Crippen LogP contribution is 2.24. The Labute approximate surface area is 301 Å². The van der Waals surface area contributed by atoms with E-state index >= 15 is 0 Å². The van der Waals surface area contributed by atoms with Crippen molar-refractivity contribution >= 4 is 23.6 Å². The maximum Gasteiger partial charge on any atom is 0.274 e. The predicted molar refractivity (Wildman–Crippen MR) is 190 cm³/mol. The van der Waals surface area contributed by atoms with Crippen molar-refractivity contribution in [3.8, 4) is 5.69 Å². The number of benzene rings is 2. The summed E-state index contributed by atoms with van der Waals surface area (Å²) in [5, 5.41) is 13.3. The van der Waals surface area contributed by atoms with Crippen molar-refractivity contribution in [1.82, 2.24) is 40.6 Å². The van der Waals surface area contributed by atoms with Gasteiger partial charge in [0.2, 0.25) is 17.7 Å². The molecule has 0 aliphatic carbocycles. The van der Waals surface area contributed by atoms with Crippen LogP contribution in [0.25, 0.3) is 5.69 Å². The summed E-state index contributed by atoms with van der Waals surface area (Å²) >= 11 is 0. The van der Waals surface area contributed by atoms with Crippen LogP contribution < -0.4 is 16.0 Å². The smallest absolute Gasteiger partial charge is 0.274 e. The second kappa shape index (κ2) is 15.1. The van der Waals surface area contributed by atoms with Gasteiger partial charge in [-0.3, -0.25) is 19.2 Å². The number of carbonyl (C=O) groups excluding carboxylic acids is 4. The van der Waals surface area contributed by atoms with Crippen molar-refractivity contribution in [3.63, 3.8) is 0 Å². The number of amides is 4. The summed E-state index contributed by atoms with van der Waals surface area (Å²) in [5.74, 6) is -1.36. The van der Waals surface area contributed by atoms with Gasteiger partial charge in [-0.2, -0.15) is 5.10 Å². The number of carbonyl (C=O) groups is 4. The lowest BCUT2D eigenvalue weighted by atomic mass is 10.0. The van der Waals surface area contributed by atoms with E-state index in [4.69, 9.17) is 8.83 Å². The van der Waals surface area contributed by atoms with E-state index in [9.17, 15) is 19.2 Å². The largest absolute Gasteiger partial charge is 0.446 e. The molecule has 0 fully saturated rings. The summed E-state index contributed by atoms with van der Waals surface area (Å²) in [7, 11) is 0. The van der Waals surface area contributed by atoms with Gasteiger partial charge in [-0.05, 0) is 75.9 Å². The summed E-state index contributed by atoms with van der Waals surface area (Å²) in [6.45, 7) is 10.7. The topological polar surface area (TPSA) is 177 Å². The van der Waals surface area contributed by atoms with Gasteiger partial charge < -0.3 is 29.7 Å². The average molecular weight is 707 g/mol. The monoisotopic (exact) mass is 706 g/mol. The Balaban J connectivity index is 1.40. The van der Waals surface area contributed by atoms with Crippen LogP contribution >= 0.6 is 0 Å². The maximum atomic E-state index is 14.3. The molecule has 4 heterocycles. The SMILES string of the molecule is Cc1cc(C)n(-c2ccc(C(=O)N3CC(=O)N[C@H](CC(C)C)c4nc(co4)C(=O)N[C@@H](C)c4nc(c(C)o4)C(=O)N[C@@H](c4ccccc4)C3)cc2)n1. The van der Waals surface area contributed by atoms with Crippen LogP contribution in [0.3, 0.4) is 0 Å². The molecule has 14 nitrogen and oxygen atoms in total. The van der Waals surface area contributed by atoms with E-state index < -0.39 is 41.8 Å². The Bertz CT molecular complexity index is 2080. The fraction of sp³-hybridized carbons (Fsp3) is 0.342. The number of aryl methyl sites for hydroxylation is 3. The Morgan fingerprint density at radius 1 is 0.923 bits per heavy atom. The minimum absolute atomic E-state index is 0.00126. The van der Waals surface area contributed by atoms with Gasteiger partial charge in [-0.25, -0.2) is 14.6 Å². The first kappa shape index (κ1) is 35.8. The molecular formula is C38H42N8O6. The molecule has 3 N–H and O–H groups in total. The lowest BCUT2D eigenvalue weighted by Crippen LogP contribution is -2.46. The molecule has 0 radical (unpaired) electrons. The molecule has 0 unspecified atom stereocenters. The Hall–Kier alpha value is -6.05.